The van der Waals surface area contributed by atoms with Gasteiger partial charge in [0.25, 0.3) is 0 Å². The number of carboxylic acids is 1. The van der Waals surface area contributed by atoms with Crippen LogP contribution < -0.4 is 4.74 Å². The van der Waals surface area contributed by atoms with Crippen molar-refractivity contribution in [3.05, 3.63) is 34.9 Å². The number of rotatable bonds is 4. The molecule has 1 aromatic carbocycles. The lowest BCUT2D eigenvalue weighted by molar-refractivity contribution is -0.131. The molecule has 0 atom stereocenters. The molecule has 0 radical (unpaired) electrons. The Balaban J connectivity index is 2.49. The fourth-order valence-electron chi connectivity index (χ4n) is 3.12. The summed E-state index contributed by atoms with van der Waals surface area (Å²) in [6.45, 7) is 4.06. The number of aliphatic carboxylic acids is 1. The van der Waals surface area contributed by atoms with E-state index in [9.17, 15) is 4.79 Å². The number of benzene rings is 1. The molecule has 108 valence electrons. The first kappa shape index (κ1) is 14.6. The molecule has 0 bridgehead atoms. The minimum atomic E-state index is -0.861. The summed E-state index contributed by atoms with van der Waals surface area (Å²) < 4.78 is 5.33. The second kappa shape index (κ2) is 6.12. The van der Waals surface area contributed by atoms with Gasteiger partial charge in [-0.3, -0.25) is 0 Å². The van der Waals surface area contributed by atoms with Crippen LogP contribution in [0.5, 0.6) is 5.75 Å². The zero-order valence-electron chi connectivity index (χ0n) is 12.4. The maximum atomic E-state index is 11.2. The molecule has 0 heterocycles. The molecule has 20 heavy (non-hydrogen) atoms. The maximum absolute atomic E-state index is 11.2. The molecule has 0 aromatic heterocycles. The molecule has 1 aromatic rings. The van der Waals surface area contributed by atoms with E-state index in [1.807, 2.05) is 26.0 Å². The summed E-state index contributed by atoms with van der Waals surface area (Å²) in [5, 5.41) is 9.17. The molecule has 0 unspecified atom stereocenters. The molecule has 1 aliphatic rings. The van der Waals surface area contributed by atoms with Gasteiger partial charge in [-0.05, 0) is 60.9 Å². The van der Waals surface area contributed by atoms with Crippen LogP contribution in [0.2, 0.25) is 0 Å². The van der Waals surface area contributed by atoms with Gasteiger partial charge in [-0.1, -0.05) is 18.9 Å². The Hall–Kier alpha value is -1.77. The third kappa shape index (κ3) is 2.87. The number of carboxylic acid groups (broad SMARTS) is 1. The maximum Gasteiger partial charge on any atom is 0.328 e. The largest absolute Gasteiger partial charge is 0.496 e. The molecule has 0 spiro atoms. The van der Waals surface area contributed by atoms with E-state index in [-0.39, 0.29) is 0 Å². The molecule has 1 saturated carbocycles. The van der Waals surface area contributed by atoms with Crippen LogP contribution >= 0.6 is 0 Å². The fourth-order valence-corrected chi connectivity index (χ4v) is 3.12. The number of carbonyl (C=O) groups is 1. The average molecular weight is 274 g/mol. The molecular weight excluding hydrogens is 252 g/mol. The lowest BCUT2D eigenvalue weighted by atomic mass is 9.87. The highest BCUT2D eigenvalue weighted by molar-refractivity contribution is 5.91. The van der Waals surface area contributed by atoms with Crippen LogP contribution in [0.3, 0.4) is 0 Å². The quantitative estimate of drug-likeness (QED) is 0.845. The van der Waals surface area contributed by atoms with Gasteiger partial charge < -0.3 is 9.84 Å². The first-order valence-corrected chi connectivity index (χ1v) is 7.13. The molecule has 0 saturated heterocycles. The van der Waals surface area contributed by atoms with Gasteiger partial charge in [0.2, 0.25) is 0 Å². The summed E-state index contributed by atoms with van der Waals surface area (Å²) in [4.78, 5) is 11.2. The lowest BCUT2D eigenvalue weighted by Gasteiger charge is -2.19. The highest BCUT2D eigenvalue weighted by Gasteiger charge is 2.23. The first-order valence-electron chi connectivity index (χ1n) is 7.13. The van der Waals surface area contributed by atoms with Crippen molar-refractivity contribution < 1.29 is 14.6 Å². The molecular formula is C17H22O3. The van der Waals surface area contributed by atoms with Gasteiger partial charge in [-0.25, -0.2) is 4.79 Å². The van der Waals surface area contributed by atoms with E-state index in [1.54, 1.807) is 7.11 Å². The van der Waals surface area contributed by atoms with E-state index in [2.05, 4.69) is 0 Å². The predicted molar refractivity (Wildman–Crippen MR) is 80.0 cm³/mol. The lowest BCUT2D eigenvalue weighted by Crippen LogP contribution is -2.05. The Labute approximate surface area is 120 Å². The van der Waals surface area contributed by atoms with Gasteiger partial charge >= 0.3 is 5.97 Å². The Morgan fingerprint density at radius 2 is 1.90 bits per heavy atom. The topological polar surface area (TPSA) is 46.5 Å². The Morgan fingerprint density at radius 1 is 1.25 bits per heavy atom. The highest BCUT2D eigenvalue weighted by Crippen LogP contribution is 2.39. The van der Waals surface area contributed by atoms with Gasteiger partial charge in [0.05, 0.1) is 7.11 Å². The Morgan fingerprint density at radius 3 is 2.45 bits per heavy atom. The number of allylic oxidation sites excluding steroid dienone is 1. The molecule has 2 rings (SSSR count). The SMILES string of the molecule is COc1ccc(/C(=C/C(=O)O)C2CCCC2)c(C)c1C. The van der Waals surface area contributed by atoms with E-state index >= 15 is 0 Å². The van der Waals surface area contributed by atoms with Gasteiger partial charge in [0, 0.05) is 6.08 Å². The van der Waals surface area contributed by atoms with Crippen molar-refractivity contribution in [2.45, 2.75) is 39.5 Å². The van der Waals surface area contributed by atoms with E-state index in [0.29, 0.717) is 5.92 Å². The second-order valence-corrected chi connectivity index (χ2v) is 5.48. The van der Waals surface area contributed by atoms with Crippen molar-refractivity contribution in [3.63, 3.8) is 0 Å². The van der Waals surface area contributed by atoms with Crippen molar-refractivity contribution in [1.29, 1.82) is 0 Å². The summed E-state index contributed by atoms with van der Waals surface area (Å²) in [6.07, 6.45) is 5.95. The van der Waals surface area contributed by atoms with Crippen molar-refractivity contribution in [3.8, 4) is 5.75 Å². The van der Waals surface area contributed by atoms with Gasteiger partial charge in [0.1, 0.15) is 5.75 Å². The minimum absolute atomic E-state index is 0.373. The van der Waals surface area contributed by atoms with E-state index in [4.69, 9.17) is 9.84 Å². The van der Waals surface area contributed by atoms with Crippen molar-refractivity contribution in [2.24, 2.45) is 5.92 Å². The highest BCUT2D eigenvalue weighted by atomic mass is 16.5. The summed E-state index contributed by atoms with van der Waals surface area (Å²) in [6, 6.07) is 3.93. The summed E-state index contributed by atoms with van der Waals surface area (Å²) >= 11 is 0. The smallest absolute Gasteiger partial charge is 0.328 e. The molecule has 3 heteroatoms. The zero-order chi connectivity index (χ0) is 14.7. The van der Waals surface area contributed by atoms with Crippen LogP contribution in [0.15, 0.2) is 18.2 Å². The van der Waals surface area contributed by atoms with Gasteiger partial charge in [-0.2, -0.15) is 0 Å². The molecule has 1 fully saturated rings. The van der Waals surface area contributed by atoms with Crippen molar-refractivity contribution >= 4 is 11.5 Å². The molecule has 0 amide bonds. The van der Waals surface area contributed by atoms with Gasteiger partial charge in [-0.15, -0.1) is 0 Å². The van der Waals surface area contributed by atoms with Crippen LogP contribution in [0.1, 0.15) is 42.4 Å². The summed E-state index contributed by atoms with van der Waals surface area (Å²) in [7, 11) is 1.66. The predicted octanol–water partition coefficient (Wildman–Crippen LogP) is 3.97. The zero-order valence-corrected chi connectivity index (χ0v) is 12.4. The van der Waals surface area contributed by atoms with E-state index in [1.165, 1.54) is 18.9 Å². The summed E-state index contributed by atoms with van der Waals surface area (Å²) in [5.74, 6) is 0.365. The average Bonchev–Trinajstić information content (AvgIpc) is 2.93. The second-order valence-electron chi connectivity index (χ2n) is 5.48. The standard InChI is InChI=1S/C17H22O3/c1-11-12(2)16(20-3)9-8-14(11)15(10-17(18)19)13-6-4-5-7-13/h8-10,13H,4-7H2,1-3H3,(H,18,19)/b15-10+. The molecule has 1 N–H and O–H groups in total. The normalized spacial score (nSPS) is 16.4. The first-order chi connectivity index (χ1) is 9.54. The Kier molecular flexibility index (Phi) is 4.48. The van der Waals surface area contributed by atoms with Crippen LogP contribution in [0, 0.1) is 19.8 Å². The van der Waals surface area contributed by atoms with Crippen LogP contribution in [0.4, 0.5) is 0 Å². The number of ether oxygens (including phenoxy) is 1. The fraction of sp³-hybridized carbons (Fsp3) is 0.471. The number of hydrogen-bond acceptors (Lipinski definition) is 2. The molecule has 1 aliphatic carbocycles. The van der Waals surface area contributed by atoms with E-state index in [0.717, 1.165) is 40.9 Å². The molecule has 3 nitrogen and oxygen atoms in total. The minimum Gasteiger partial charge on any atom is -0.496 e. The number of methoxy groups -OCH3 is 1. The van der Waals surface area contributed by atoms with Crippen molar-refractivity contribution in [1.82, 2.24) is 0 Å². The van der Waals surface area contributed by atoms with Crippen LogP contribution in [0.25, 0.3) is 5.57 Å². The Bertz CT molecular complexity index is 537. The van der Waals surface area contributed by atoms with Crippen molar-refractivity contribution in [2.75, 3.05) is 7.11 Å². The third-order valence-electron chi connectivity index (χ3n) is 4.34. The monoisotopic (exact) mass is 274 g/mol. The molecule has 0 aliphatic heterocycles. The number of hydrogen-bond donors (Lipinski definition) is 1. The summed E-state index contributed by atoms with van der Waals surface area (Å²) in [5.41, 5.74) is 4.22. The van der Waals surface area contributed by atoms with Crippen LogP contribution in [-0.4, -0.2) is 18.2 Å². The third-order valence-corrected chi connectivity index (χ3v) is 4.34. The van der Waals surface area contributed by atoms with Crippen LogP contribution in [-0.2, 0) is 4.79 Å². The van der Waals surface area contributed by atoms with E-state index < -0.39 is 5.97 Å². The van der Waals surface area contributed by atoms with Gasteiger partial charge in [0.15, 0.2) is 0 Å².